The van der Waals surface area contributed by atoms with E-state index < -0.39 is 11.1 Å². The van der Waals surface area contributed by atoms with Gasteiger partial charge in [-0.2, -0.15) is 0 Å². The summed E-state index contributed by atoms with van der Waals surface area (Å²) in [6.45, 7) is 9.83. The maximum absolute atomic E-state index is 11.7. The van der Waals surface area contributed by atoms with Crippen molar-refractivity contribution in [2.45, 2.75) is 38.3 Å². The van der Waals surface area contributed by atoms with Crippen LogP contribution in [0.15, 0.2) is 12.7 Å². The zero-order valence-corrected chi connectivity index (χ0v) is 11.0. The lowest BCUT2D eigenvalue weighted by molar-refractivity contribution is -0.00763. The number of hydrogen-bond acceptors (Lipinski definition) is 3. The standard InChI is InChI=1S/C12H21N3O2/c1-6-7-15-10(16)14-9(13)12(15,4)8-11(2,3)17-5/h6H,1,7-8H2,2-5H3,(H2,13,14,16). The molecule has 5 heteroatoms. The zero-order valence-electron chi connectivity index (χ0n) is 11.0. The van der Waals surface area contributed by atoms with Gasteiger partial charge in [0, 0.05) is 20.1 Å². The molecular formula is C12H21N3O2. The van der Waals surface area contributed by atoms with Gasteiger partial charge in [-0.25, -0.2) is 4.79 Å². The van der Waals surface area contributed by atoms with Crippen molar-refractivity contribution >= 4 is 11.9 Å². The van der Waals surface area contributed by atoms with Crippen LogP contribution in [0, 0.1) is 5.41 Å². The second-order valence-electron chi connectivity index (χ2n) is 5.12. The van der Waals surface area contributed by atoms with E-state index in [0.717, 1.165) is 0 Å². The molecule has 1 rings (SSSR count). The predicted octanol–water partition coefficient (Wildman–Crippen LogP) is 1.75. The first-order valence-electron chi connectivity index (χ1n) is 5.60. The van der Waals surface area contributed by atoms with E-state index in [1.54, 1.807) is 18.1 Å². The molecule has 5 nitrogen and oxygen atoms in total. The van der Waals surface area contributed by atoms with Crippen molar-refractivity contribution < 1.29 is 9.53 Å². The number of hydrogen-bond donors (Lipinski definition) is 2. The Balaban J connectivity index is 3.00. The van der Waals surface area contributed by atoms with E-state index in [0.29, 0.717) is 13.0 Å². The van der Waals surface area contributed by atoms with Crippen LogP contribution in [0.25, 0.3) is 0 Å². The first kappa shape index (κ1) is 13.7. The molecule has 1 atom stereocenters. The first-order chi connectivity index (χ1) is 7.77. The summed E-state index contributed by atoms with van der Waals surface area (Å²) in [7, 11) is 1.63. The van der Waals surface area contributed by atoms with Crippen molar-refractivity contribution in [3.63, 3.8) is 0 Å². The molecule has 2 amide bonds. The van der Waals surface area contributed by atoms with Crippen molar-refractivity contribution in [1.82, 2.24) is 10.2 Å². The lowest BCUT2D eigenvalue weighted by Crippen LogP contribution is -2.51. The number of urea groups is 1. The Bertz CT molecular complexity index is 352. The molecule has 0 radical (unpaired) electrons. The van der Waals surface area contributed by atoms with Crippen LogP contribution in [0.4, 0.5) is 4.79 Å². The van der Waals surface area contributed by atoms with Gasteiger partial charge in [0.25, 0.3) is 0 Å². The summed E-state index contributed by atoms with van der Waals surface area (Å²) in [5, 5.41) is 10.5. The average molecular weight is 239 g/mol. The highest BCUT2D eigenvalue weighted by atomic mass is 16.5. The number of amides is 2. The van der Waals surface area contributed by atoms with Crippen LogP contribution in [0.3, 0.4) is 0 Å². The first-order valence-corrected chi connectivity index (χ1v) is 5.60. The number of nitrogens with one attached hydrogen (secondary N) is 2. The van der Waals surface area contributed by atoms with Gasteiger partial charge in [-0.3, -0.25) is 10.7 Å². The maximum atomic E-state index is 11.7. The lowest BCUT2D eigenvalue weighted by Gasteiger charge is -2.38. The molecule has 2 N–H and O–H groups in total. The second-order valence-corrected chi connectivity index (χ2v) is 5.12. The highest BCUT2D eigenvalue weighted by Crippen LogP contribution is 2.32. The Morgan fingerprint density at radius 1 is 1.65 bits per heavy atom. The second kappa shape index (κ2) is 4.49. The van der Waals surface area contributed by atoms with Gasteiger partial charge >= 0.3 is 6.03 Å². The Morgan fingerprint density at radius 3 is 2.71 bits per heavy atom. The fourth-order valence-corrected chi connectivity index (χ4v) is 2.17. The van der Waals surface area contributed by atoms with E-state index in [9.17, 15) is 4.79 Å². The van der Waals surface area contributed by atoms with Gasteiger partial charge in [0.05, 0.1) is 5.60 Å². The topological polar surface area (TPSA) is 65.4 Å². The number of carbonyl (C=O) groups is 1. The third-order valence-electron chi connectivity index (χ3n) is 3.25. The van der Waals surface area contributed by atoms with Gasteiger partial charge in [0.2, 0.25) is 0 Å². The molecule has 1 unspecified atom stereocenters. The largest absolute Gasteiger partial charge is 0.379 e. The predicted molar refractivity (Wildman–Crippen MR) is 67.3 cm³/mol. The fraction of sp³-hybridized carbons (Fsp3) is 0.667. The third kappa shape index (κ3) is 2.49. The number of methoxy groups -OCH3 is 1. The number of carbonyl (C=O) groups excluding carboxylic acids is 1. The zero-order chi connectivity index (χ0) is 13.3. The molecule has 96 valence electrons. The minimum atomic E-state index is -0.662. The van der Waals surface area contributed by atoms with Gasteiger partial charge in [-0.1, -0.05) is 6.08 Å². The number of rotatable bonds is 5. The number of amidine groups is 1. The van der Waals surface area contributed by atoms with Crippen molar-refractivity contribution in [2.75, 3.05) is 13.7 Å². The molecule has 0 aromatic heterocycles. The van der Waals surface area contributed by atoms with Gasteiger partial charge < -0.3 is 9.64 Å². The molecule has 0 bridgehead atoms. The van der Waals surface area contributed by atoms with Crippen molar-refractivity contribution in [1.29, 1.82) is 5.41 Å². The summed E-state index contributed by atoms with van der Waals surface area (Å²) in [6.07, 6.45) is 2.22. The summed E-state index contributed by atoms with van der Waals surface area (Å²) in [5.41, 5.74) is -1.06. The molecule has 1 aliphatic rings. The van der Waals surface area contributed by atoms with Gasteiger partial charge in [-0.15, -0.1) is 6.58 Å². The molecule has 0 aromatic carbocycles. The minimum absolute atomic E-state index is 0.217. The summed E-state index contributed by atoms with van der Waals surface area (Å²) >= 11 is 0. The fourth-order valence-electron chi connectivity index (χ4n) is 2.17. The van der Waals surface area contributed by atoms with Crippen LogP contribution < -0.4 is 5.32 Å². The molecule has 1 heterocycles. The van der Waals surface area contributed by atoms with E-state index in [2.05, 4.69) is 11.9 Å². The van der Waals surface area contributed by atoms with E-state index in [1.165, 1.54) is 0 Å². The van der Waals surface area contributed by atoms with Crippen LogP contribution in [-0.2, 0) is 4.74 Å². The monoisotopic (exact) mass is 239 g/mol. The molecular weight excluding hydrogens is 218 g/mol. The molecule has 0 aliphatic carbocycles. The summed E-state index contributed by atoms with van der Waals surface area (Å²) in [6, 6.07) is -0.246. The smallest absolute Gasteiger partial charge is 0.323 e. The van der Waals surface area contributed by atoms with E-state index >= 15 is 0 Å². The molecule has 0 saturated carbocycles. The number of nitrogens with zero attached hydrogens (tertiary/aromatic N) is 1. The highest BCUT2D eigenvalue weighted by molar-refractivity contribution is 6.08. The molecule has 17 heavy (non-hydrogen) atoms. The van der Waals surface area contributed by atoms with Crippen LogP contribution in [0.1, 0.15) is 27.2 Å². The van der Waals surface area contributed by atoms with E-state index in [-0.39, 0.29) is 11.9 Å². The molecule has 1 fully saturated rings. The molecule has 0 aromatic rings. The van der Waals surface area contributed by atoms with Crippen LogP contribution in [0.5, 0.6) is 0 Å². The molecule has 1 aliphatic heterocycles. The third-order valence-corrected chi connectivity index (χ3v) is 3.25. The normalized spacial score (nSPS) is 25.1. The maximum Gasteiger partial charge on any atom is 0.323 e. The average Bonchev–Trinajstić information content (AvgIpc) is 2.42. The van der Waals surface area contributed by atoms with Crippen molar-refractivity contribution in [3.8, 4) is 0 Å². The van der Waals surface area contributed by atoms with Gasteiger partial charge in [0.1, 0.15) is 11.4 Å². The van der Waals surface area contributed by atoms with E-state index in [4.69, 9.17) is 10.1 Å². The van der Waals surface area contributed by atoms with Crippen LogP contribution >= 0.6 is 0 Å². The quantitative estimate of drug-likeness (QED) is 0.718. The Labute approximate surface area is 102 Å². The Kier molecular flexibility index (Phi) is 3.62. The summed E-state index contributed by atoms with van der Waals surface area (Å²) in [5.74, 6) is 0.217. The van der Waals surface area contributed by atoms with Crippen molar-refractivity contribution in [3.05, 3.63) is 12.7 Å². The highest BCUT2D eigenvalue weighted by Gasteiger charge is 2.48. The van der Waals surface area contributed by atoms with E-state index in [1.807, 2.05) is 20.8 Å². The SMILES string of the molecule is C=CCN1C(=O)NC(=N)C1(C)CC(C)(C)OC. The van der Waals surface area contributed by atoms with Crippen molar-refractivity contribution in [2.24, 2.45) is 0 Å². The molecule has 1 saturated heterocycles. The van der Waals surface area contributed by atoms with Gasteiger partial charge in [0.15, 0.2) is 0 Å². The summed E-state index contributed by atoms with van der Waals surface area (Å²) < 4.78 is 5.39. The van der Waals surface area contributed by atoms with Crippen LogP contribution in [-0.4, -0.2) is 41.6 Å². The minimum Gasteiger partial charge on any atom is -0.379 e. The summed E-state index contributed by atoms with van der Waals surface area (Å²) in [4.78, 5) is 13.4. The Hall–Kier alpha value is -1.36. The molecule has 0 spiro atoms. The lowest BCUT2D eigenvalue weighted by atomic mass is 9.86. The number of ether oxygens (including phenoxy) is 1. The van der Waals surface area contributed by atoms with Gasteiger partial charge in [-0.05, 0) is 20.8 Å². The van der Waals surface area contributed by atoms with Crippen LogP contribution in [0.2, 0.25) is 0 Å². The Morgan fingerprint density at radius 2 is 2.24 bits per heavy atom.